The number of rotatable bonds is 5. The fourth-order valence-corrected chi connectivity index (χ4v) is 2.37. The van der Waals surface area contributed by atoms with Crippen LogP contribution in [0.4, 0.5) is 0 Å². The van der Waals surface area contributed by atoms with Crippen LogP contribution in [0.3, 0.4) is 0 Å². The second-order valence-electron chi connectivity index (χ2n) is 4.96. The van der Waals surface area contributed by atoms with E-state index >= 15 is 0 Å². The second kappa shape index (κ2) is 5.14. The summed E-state index contributed by atoms with van der Waals surface area (Å²) in [5.41, 5.74) is 5.27. The number of ether oxygens (including phenoxy) is 1. The summed E-state index contributed by atoms with van der Waals surface area (Å²) in [6.45, 7) is 2.71. The van der Waals surface area contributed by atoms with Crippen molar-refractivity contribution in [1.82, 2.24) is 10.1 Å². The van der Waals surface area contributed by atoms with Crippen molar-refractivity contribution in [3.05, 3.63) is 11.7 Å². The first-order chi connectivity index (χ1) is 8.20. The Morgan fingerprint density at radius 1 is 1.47 bits per heavy atom. The fourth-order valence-electron chi connectivity index (χ4n) is 2.37. The standard InChI is InChI=1S/C12H21N3O2/c1-9(8-13)7-10-14-11(15-17-10)12(16-2)5-3-4-6-12/h9H,3-8,13H2,1-2H3. The molecule has 96 valence electrons. The minimum Gasteiger partial charge on any atom is -0.370 e. The lowest BCUT2D eigenvalue weighted by Gasteiger charge is -2.22. The van der Waals surface area contributed by atoms with Crippen molar-refractivity contribution in [2.75, 3.05) is 13.7 Å². The lowest BCUT2D eigenvalue weighted by Crippen LogP contribution is -2.26. The summed E-state index contributed by atoms with van der Waals surface area (Å²) in [5.74, 6) is 1.74. The molecule has 1 aliphatic rings. The van der Waals surface area contributed by atoms with Gasteiger partial charge >= 0.3 is 0 Å². The quantitative estimate of drug-likeness (QED) is 0.845. The highest BCUT2D eigenvalue weighted by Gasteiger charge is 2.40. The van der Waals surface area contributed by atoms with Crippen LogP contribution < -0.4 is 5.73 Å². The number of hydrogen-bond donors (Lipinski definition) is 1. The fraction of sp³-hybridized carbons (Fsp3) is 0.833. The van der Waals surface area contributed by atoms with Crippen LogP contribution in [0.1, 0.15) is 44.3 Å². The van der Waals surface area contributed by atoms with Gasteiger partial charge in [0.2, 0.25) is 11.7 Å². The van der Waals surface area contributed by atoms with Gasteiger partial charge in [-0.15, -0.1) is 0 Å². The van der Waals surface area contributed by atoms with Crippen molar-refractivity contribution in [1.29, 1.82) is 0 Å². The number of hydrogen-bond acceptors (Lipinski definition) is 5. The summed E-state index contributed by atoms with van der Waals surface area (Å²) >= 11 is 0. The minimum atomic E-state index is -0.312. The summed E-state index contributed by atoms with van der Waals surface area (Å²) in [4.78, 5) is 4.46. The van der Waals surface area contributed by atoms with Crippen molar-refractivity contribution < 1.29 is 9.26 Å². The van der Waals surface area contributed by atoms with Crippen LogP contribution in [0.25, 0.3) is 0 Å². The molecule has 0 saturated heterocycles. The molecule has 5 nitrogen and oxygen atoms in total. The number of nitrogens with zero attached hydrogens (tertiary/aromatic N) is 2. The molecule has 0 aromatic carbocycles. The molecule has 1 saturated carbocycles. The van der Waals surface area contributed by atoms with Crippen molar-refractivity contribution in [2.24, 2.45) is 11.7 Å². The van der Waals surface area contributed by atoms with Crippen molar-refractivity contribution >= 4 is 0 Å². The summed E-state index contributed by atoms with van der Waals surface area (Å²) in [6, 6.07) is 0. The molecule has 1 aromatic rings. The number of nitrogens with two attached hydrogens (primary N) is 1. The summed E-state index contributed by atoms with van der Waals surface area (Å²) in [6.07, 6.45) is 5.03. The van der Waals surface area contributed by atoms with Gasteiger partial charge in [0.1, 0.15) is 5.60 Å². The molecule has 5 heteroatoms. The third-order valence-electron chi connectivity index (χ3n) is 3.60. The molecule has 0 bridgehead atoms. The van der Waals surface area contributed by atoms with Gasteiger partial charge in [-0.3, -0.25) is 0 Å². The molecule has 0 radical (unpaired) electrons. The van der Waals surface area contributed by atoms with E-state index in [1.54, 1.807) is 7.11 Å². The Bertz CT molecular complexity index is 358. The van der Waals surface area contributed by atoms with Crippen LogP contribution >= 0.6 is 0 Å². The molecule has 2 rings (SSSR count). The molecule has 1 unspecified atom stereocenters. The maximum Gasteiger partial charge on any atom is 0.227 e. The van der Waals surface area contributed by atoms with E-state index in [2.05, 4.69) is 17.1 Å². The average Bonchev–Trinajstić information content (AvgIpc) is 2.97. The molecule has 1 fully saturated rings. The first-order valence-electron chi connectivity index (χ1n) is 6.28. The highest BCUT2D eigenvalue weighted by atomic mass is 16.5. The highest BCUT2D eigenvalue weighted by Crippen LogP contribution is 2.40. The molecule has 2 N–H and O–H groups in total. The first kappa shape index (κ1) is 12.5. The number of aromatic nitrogens is 2. The van der Waals surface area contributed by atoms with Gasteiger partial charge in [-0.1, -0.05) is 12.1 Å². The maximum absolute atomic E-state index is 5.62. The largest absolute Gasteiger partial charge is 0.370 e. The van der Waals surface area contributed by atoms with Gasteiger partial charge in [0, 0.05) is 13.5 Å². The van der Waals surface area contributed by atoms with Gasteiger partial charge in [-0.25, -0.2) is 0 Å². The Labute approximate surface area is 102 Å². The van der Waals surface area contributed by atoms with E-state index in [-0.39, 0.29) is 5.60 Å². The van der Waals surface area contributed by atoms with Gasteiger partial charge in [0.25, 0.3) is 0 Å². The molecule has 17 heavy (non-hydrogen) atoms. The zero-order valence-electron chi connectivity index (χ0n) is 10.6. The summed E-state index contributed by atoms with van der Waals surface area (Å²) < 4.78 is 10.9. The Kier molecular flexibility index (Phi) is 3.79. The van der Waals surface area contributed by atoms with Crippen molar-refractivity contribution in [3.8, 4) is 0 Å². The minimum absolute atomic E-state index is 0.312. The summed E-state index contributed by atoms with van der Waals surface area (Å²) in [7, 11) is 1.73. The first-order valence-corrected chi connectivity index (χ1v) is 6.28. The van der Waals surface area contributed by atoms with Crippen LogP contribution in [-0.2, 0) is 16.8 Å². The van der Waals surface area contributed by atoms with Crippen LogP contribution in [0.5, 0.6) is 0 Å². The Balaban J connectivity index is 2.11. The monoisotopic (exact) mass is 239 g/mol. The van der Waals surface area contributed by atoms with Crippen LogP contribution in [-0.4, -0.2) is 23.8 Å². The van der Waals surface area contributed by atoms with Gasteiger partial charge in [-0.05, 0) is 38.1 Å². The molecular weight excluding hydrogens is 218 g/mol. The maximum atomic E-state index is 5.62. The van der Waals surface area contributed by atoms with E-state index in [4.69, 9.17) is 15.0 Å². The normalized spacial score (nSPS) is 20.6. The van der Waals surface area contributed by atoms with E-state index in [1.165, 1.54) is 0 Å². The molecule has 0 amide bonds. The lowest BCUT2D eigenvalue weighted by molar-refractivity contribution is -0.0178. The van der Waals surface area contributed by atoms with Gasteiger partial charge in [0.15, 0.2) is 0 Å². The molecule has 1 heterocycles. The van der Waals surface area contributed by atoms with E-state index in [0.29, 0.717) is 24.2 Å². The van der Waals surface area contributed by atoms with Crippen molar-refractivity contribution in [3.63, 3.8) is 0 Å². The molecule has 0 spiro atoms. The Morgan fingerprint density at radius 2 is 2.18 bits per heavy atom. The van der Waals surface area contributed by atoms with Crippen LogP contribution in [0.15, 0.2) is 4.52 Å². The van der Waals surface area contributed by atoms with Crippen molar-refractivity contribution in [2.45, 2.75) is 44.6 Å². The predicted octanol–water partition coefficient (Wildman–Crippen LogP) is 1.62. The molecule has 1 atom stereocenters. The zero-order chi connectivity index (χ0) is 12.3. The Morgan fingerprint density at radius 3 is 2.76 bits per heavy atom. The zero-order valence-corrected chi connectivity index (χ0v) is 10.6. The molecular formula is C12H21N3O2. The number of methoxy groups -OCH3 is 1. The van der Waals surface area contributed by atoms with Gasteiger partial charge in [0.05, 0.1) is 0 Å². The topological polar surface area (TPSA) is 74.2 Å². The highest BCUT2D eigenvalue weighted by molar-refractivity contribution is 5.04. The van der Waals surface area contributed by atoms with E-state index in [1.807, 2.05) is 0 Å². The molecule has 1 aromatic heterocycles. The summed E-state index contributed by atoms with van der Waals surface area (Å²) in [5, 5.41) is 4.08. The molecule has 0 aliphatic heterocycles. The SMILES string of the molecule is COC1(c2noc(CC(C)CN)n2)CCCC1. The lowest BCUT2D eigenvalue weighted by atomic mass is 10.0. The average molecular weight is 239 g/mol. The third-order valence-corrected chi connectivity index (χ3v) is 3.60. The van der Waals surface area contributed by atoms with Gasteiger partial charge in [-0.2, -0.15) is 4.98 Å². The van der Waals surface area contributed by atoms with E-state index in [0.717, 1.165) is 32.1 Å². The van der Waals surface area contributed by atoms with E-state index < -0.39 is 0 Å². The predicted molar refractivity (Wildman–Crippen MR) is 63.4 cm³/mol. The molecule has 1 aliphatic carbocycles. The van der Waals surface area contributed by atoms with E-state index in [9.17, 15) is 0 Å². The smallest absolute Gasteiger partial charge is 0.227 e. The van der Waals surface area contributed by atoms with Crippen LogP contribution in [0, 0.1) is 5.92 Å². The Hall–Kier alpha value is -0.940. The second-order valence-corrected chi connectivity index (χ2v) is 4.96. The third kappa shape index (κ3) is 2.50. The van der Waals surface area contributed by atoms with Gasteiger partial charge < -0.3 is 15.0 Å². The van der Waals surface area contributed by atoms with Crippen LogP contribution in [0.2, 0.25) is 0 Å².